The molecule has 17 heavy (non-hydrogen) atoms. The van der Waals surface area contributed by atoms with E-state index in [0.717, 1.165) is 37.0 Å². The Morgan fingerprint density at radius 3 is 2.53 bits per heavy atom. The second-order valence-electron chi connectivity index (χ2n) is 6.00. The molecule has 1 heterocycles. The first-order valence-corrected chi connectivity index (χ1v) is 7.64. The van der Waals surface area contributed by atoms with Gasteiger partial charge >= 0.3 is 0 Å². The van der Waals surface area contributed by atoms with E-state index in [4.69, 9.17) is 4.74 Å². The van der Waals surface area contributed by atoms with E-state index in [-0.39, 0.29) is 0 Å². The topological polar surface area (TPSA) is 21.3 Å². The van der Waals surface area contributed by atoms with Gasteiger partial charge in [-0.15, -0.1) is 0 Å². The maximum atomic E-state index is 5.52. The van der Waals surface area contributed by atoms with E-state index in [1.165, 1.54) is 45.1 Å². The van der Waals surface area contributed by atoms with Crippen LogP contribution in [0.3, 0.4) is 0 Å². The lowest BCUT2D eigenvalue weighted by Gasteiger charge is -2.37. The third-order valence-electron chi connectivity index (χ3n) is 4.79. The molecule has 1 saturated heterocycles. The summed E-state index contributed by atoms with van der Waals surface area (Å²) in [5.41, 5.74) is 0. The minimum Gasteiger partial charge on any atom is -0.381 e. The van der Waals surface area contributed by atoms with Gasteiger partial charge in [0, 0.05) is 19.3 Å². The van der Waals surface area contributed by atoms with Crippen molar-refractivity contribution in [3.63, 3.8) is 0 Å². The van der Waals surface area contributed by atoms with Gasteiger partial charge in [-0.25, -0.2) is 0 Å². The molecule has 0 amide bonds. The van der Waals surface area contributed by atoms with Gasteiger partial charge in [0.05, 0.1) is 0 Å². The van der Waals surface area contributed by atoms with Gasteiger partial charge in [0.15, 0.2) is 0 Å². The Labute approximate surface area is 107 Å². The van der Waals surface area contributed by atoms with E-state index in [2.05, 4.69) is 19.2 Å². The van der Waals surface area contributed by atoms with Crippen LogP contribution in [-0.4, -0.2) is 25.8 Å². The number of hydrogen-bond acceptors (Lipinski definition) is 2. The summed E-state index contributed by atoms with van der Waals surface area (Å²) in [5.74, 6) is 2.71. The Bertz CT molecular complexity index is 213. The van der Waals surface area contributed by atoms with E-state index >= 15 is 0 Å². The molecule has 100 valence electrons. The molecule has 2 aliphatic rings. The maximum Gasteiger partial charge on any atom is 0.0469 e. The van der Waals surface area contributed by atoms with Gasteiger partial charge in [-0.1, -0.05) is 26.7 Å². The minimum atomic E-state index is 0.761. The molecular weight excluding hydrogens is 210 g/mol. The zero-order valence-corrected chi connectivity index (χ0v) is 11.6. The summed E-state index contributed by atoms with van der Waals surface area (Å²) in [7, 11) is 0. The zero-order chi connectivity index (χ0) is 12.1. The molecular formula is C15H29NO. The summed E-state index contributed by atoms with van der Waals surface area (Å²) in [6.45, 7) is 7.88. The Kier molecular flexibility index (Phi) is 5.30. The van der Waals surface area contributed by atoms with Crippen molar-refractivity contribution >= 4 is 0 Å². The maximum absolute atomic E-state index is 5.52. The molecule has 2 nitrogen and oxygen atoms in total. The highest BCUT2D eigenvalue weighted by Gasteiger charge is 2.35. The summed E-state index contributed by atoms with van der Waals surface area (Å²) in [6, 6.07) is 0.761. The molecule has 1 aliphatic carbocycles. The first kappa shape index (κ1) is 13.4. The van der Waals surface area contributed by atoms with Crippen molar-refractivity contribution < 1.29 is 4.74 Å². The van der Waals surface area contributed by atoms with E-state index in [1.54, 1.807) is 0 Å². The monoisotopic (exact) mass is 239 g/mol. The largest absolute Gasteiger partial charge is 0.381 e. The van der Waals surface area contributed by atoms with Crippen LogP contribution < -0.4 is 5.32 Å². The van der Waals surface area contributed by atoms with E-state index in [1.807, 2.05) is 0 Å². The van der Waals surface area contributed by atoms with Crippen LogP contribution in [0.1, 0.15) is 52.4 Å². The van der Waals surface area contributed by atoms with Crippen LogP contribution in [0.25, 0.3) is 0 Å². The fourth-order valence-electron chi connectivity index (χ4n) is 3.76. The molecule has 0 aromatic rings. The van der Waals surface area contributed by atoms with Crippen LogP contribution in [0.4, 0.5) is 0 Å². The second kappa shape index (κ2) is 6.75. The molecule has 2 fully saturated rings. The van der Waals surface area contributed by atoms with Crippen molar-refractivity contribution in [2.75, 3.05) is 19.8 Å². The van der Waals surface area contributed by atoms with Crippen molar-refractivity contribution in [1.29, 1.82) is 0 Å². The number of hydrogen-bond donors (Lipinski definition) is 1. The molecule has 3 unspecified atom stereocenters. The van der Waals surface area contributed by atoms with Crippen LogP contribution in [0.2, 0.25) is 0 Å². The van der Waals surface area contributed by atoms with Crippen molar-refractivity contribution in [1.82, 2.24) is 5.32 Å². The predicted molar refractivity (Wildman–Crippen MR) is 72.1 cm³/mol. The lowest BCUT2D eigenvalue weighted by atomic mass is 9.79. The van der Waals surface area contributed by atoms with Gasteiger partial charge < -0.3 is 10.1 Å². The molecule has 0 aromatic carbocycles. The predicted octanol–water partition coefficient (Wildman–Crippen LogP) is 3.22. The van der Waals surface area contributed by atoms with E-state index in [9.17, 15) is 0 Å². The average molecular weight is 239 g/mol. The molecule has 1 N–H and O–H groups in total. The molecule has 3 atom stereocenters. The summed E-state index contributed by atoms with van der Waals surface area (Å²) in [4.78, 5) is 0. The summed E-state index contributed by atoms with van der Waals surface area (Å²) >= 11 is 0. The second-order valence-corrected chi connectivity index (χ2v) is 6.00. The molecule has 2 heteroatoms. The first-order valence-electron chi connectivity index (χ1n) is 7.64. The Hall–Kier alpha value is -0.0800. The standard InChI is InChI=1S/C15H29NO/c1-3-9-16-15(13-7-10-17-11-8-13)14-6-4-5-12(14)2/h12-16H,3-11H2,1-2H3. The van der Waals surface area contributed by atoms with Crippen molar-refractivity contribution in [3.8, 4) is 0 Å². The average Bonchev–Trinajstić information content (AvgIpc) is 2.78. The molecule has 2 rings (SSSR count). The molecule has 1 saturated carbocycles. The van der Waals surface area contributed by atoms with Crippen LogP contribution >= 0.6 is 0 Å². The summed E-state index contributed by atoms with van der Waals surface area (Å²) in [5, 5.41) is 3.86. The lowest BCUT2D eigenvalue weighted by Crippen LogP contribution is -2.45. The number of rotatable bonds is 5. The lowest BCUT2D eigenvalue weighted by molar-refractivity contribution is 0.0412. The molecule has 0 bridgehead atoms. The van der Waals surface area contributed by atoms with Crippen molar-refractivity contribution in [2.24, 2.45) is 17.8 Å². The Morgan fingerprint density at radius 1 is 1.18 bits per heavy atom. The van der Waals surface area contributed by atoms with Gasteiger partial charge in [0.25, 0.3) is 0 Å². The van der Waals surface area contributed by atoms with Crippen LogP contribution in [0.15, 0.2) is 0 Å². The van der Waals surface area contributed by atoms with Gasteiger partial charge in [-0.3, -0.25) is 0 Å². The van der Waals surface area contributed by atoms with Crippen molar-refractivity contribution in [2.45, 2.75) is 58.4 Å². The highest BCUT2D eigenvalue weighted by Crippen LogP contribution is 2.38. The van der Waals surface area contributed by atoms with Crippen LogP contribution in [0, 0.1) is 17.8 Å². The molecule has 0 spiro atoms. The van der Waals surface area contributed by atoms with Crippen LogP contribution in [0.5, 0.6) is 0 Å². The quantitative estimate of drug-likeness (QED) is 0.795. The SMILES string of the molecule is CCCNC(C1CCOCC1)C1CCCC1C. The number of ether oxygens (including phenoxy) is 1. The Morgan fingerprint density at radius 2 is 1.94 bits per heavy atom. The minimum absolute atomic E-state index is 0.761. The normalized spacial score (nSPS) is 32.8. The third kappa shape index (κ3) is 3.45. The first-order chi connectivity index (χ1) is 8.33. The fourth-order valence-corrected chi connectivity index (χ4v) is 3.76. The summed E-state index contributed by atoms with van der Waals surface area (Å²) < 4.78 is 5.52. The number of nitrogens with one attached hydrogen (secondary N) is 1. The van der Waals surface area contributed by atoms with Gasteiger partial charge in [-0.05, 0) is 50.0 Å². The van der Waals surface area contributed by atoms with Gasteiger partial charge in [0.2, 0.25) is 0 Å². The smallest absolute Gasteiger partial charge is 0.0469 e. The third-order valence-corrected chi connectivity index (χ3v) is 4.79. The van der Waals surface area contributed by atoms with E-state index in [0.29, 0.717) is 0 Å². The molecule has 1 aliphatic heterocycles. The highest BCUT2D eigenvalue weighted by atomic mass is 16.5. The van der Waals surface area contributed by atoms with Gasteiger partial charge in [0.1, 0.15) is 0 Å². The van der Waals surface area contributed by atoms with Crippen LogP contribution in [-0.2, 0) is 4.74 Å². The molecule has 0 aromatic heterocycles. The summed E-state index contributed by atoms with van der Waals surface area (Å²) in [6.07, 6.45) is 8.12. The van der Waals surface area contributed by atoms with Crippen molar-refractivity contribution in [3.05, 3.63) is 0 Å². The fraction of sp³-hybridized carbons (Fsp3) is 1.00. The van der Waals surface area contributed by atoms with Gasteiger partial charge in [-0.2, -0.15) is 0 Å². The zero-order valence-electron chi connectivity index (χ0n) is 11.6. The Balaban J connectivity index is 1.95. The molecule has 0 radical (unpaired) electrons. The highest BCUT2D eigenvalue weighted by molar-refractivity contribution is 4.89. The van der Waals surface area contributed by atoms with E-state index < -0.39 is 0 Å².